The number of hydrogen-bond acceptors (Lipinski definition) is 5. The smallest absolute Gasteiger partial charge is 0.253 e. The molecule has 1 saturated heterocycles. The van der Waals surface area contributed by atoms with E-state index < -0.39 is 0 Å². The number of carbonyl (C=O) groups is 1. The first-order chi connectivity index (χ1) is 14.6. The van der Waals surface area contributed by atoms with Gasteiger partial charge in [-0.3, -0.25) is 4.79 Å². The standard InChI is InChI=1S/C24H25N3O3/c1-17-10-12-27(13-11-17)24(28)19-5-3-4-18(14-19)22-15-23(26-16-25-22)30-21-8-6-20(29-2)7-9-21/h3-9,14-17H,10-13H2,1-2H3. The summed E-state index contributed by atoms with van der Waals surface area (Å²) in [5.74, 6) is 2.61. The molecule has 1 fully saturated rings. The van der Waals surface area contributed by atoms with Crippen molar-refractivity contribution in [1.29, 1.82) is 0 Å². The highest BCUT2D eigenvalue weighted by atomic mass is 16.5. The van der Waals surface area contributed by atoms with Crippen LogP contribution < -0.4 is 9.47 Å². The van der Waals surface area contributed by atoms with Gasteiger partial charge in [-0.2, -0.15) is 0 Å². The summed E-state index contributed by atoms with van der Waals surface area (Å²) in [7, 11) is 1.62. The highest BCUT2D eigenvalue weighted by molar-refractivity contribution is 5.95. The van der Waals surface area contributed by atoms with E-state index in [2.05, 4.69) is 16.9 Å². The molecule has 0 unspecified atom stereocenters. The number of aromatic nitrogens is 2. The number of rotatable bonds is 5. The Kier molecular flexibility index (Phi) is 5.93. The number of methoxy groups -OCH3 is 1. The SMILES string of the molecule is COc1ccc(Oc2cc(-c3cccc(C(=O)N4CCC(C)CC4)c3)ncn2)cc1. The van der Waals surface area contributed by atoms with E-state index in [4.69, 9.17) is 9.47 Å². The number of piperidine rings is 1. The summed E-state index contributed by atoms with van der Waals surface area (Å²) in [5, 5.41) is 0. The Hall–Kier alpha value is -3.41. The first-order valence-electron chi connectivity index (χ1n) is 10.2. The van der Waals surface area contributed by atoms with E-state index in [1.54, 1.807) is 13.2 Å². The number of benzene rings is 2. The molecule has 0 N–H and O–H groups in total. The zero-order valence-electron chi connectivity index (χ0n) is 17.2. The van der Waals surface area contributed by atoms with E-state index in [9.17, 15) is 4.79 Å². The van der Waals surface area contributed by atoms with Crippen molar-refractivity contribution < 1.29 is 14.3 Å². The molecule has 1 aromatic heterocycles. The Morgan fingerprint density at radius 1 is 1.00 bits per heavy atom. The van der Waals surface area contributed by atoms with Crippen LogP contribution in [0.2, 0.25) is 0 Å². The molecule has 2 aromatic carbocycles. The maximum Gasteiger partial charge on any atom is 0.253 e. The minimum atomic E-state index is 0.0764. The molecule has 6 nitrogen and oxygen atoms in total. The summed E-state index contributed by atoms with van der Waals surface area (Å²) in [4.78, 5) is 23.4. The van der Waals surface area contributed by atoms with Gasteiger partial charge in [-0.25, -0.2) is 9.97 Å². The van der Waals surface area contributed by atoms with Crippen LogP contribution in [0.15, 0.2) is 60.9 Å². The van der Waals surface area contributed by atoms with Gasteiger partial charge in [0.15, 0.2) is 0 Å². The van der Waals surface area contributed by atoms with Crippen LogP contribution in [0.3, 0.4) is 0 Å². The van der Waals surface area contributed by atoms with Gasteiger partial charge in [0.25, 0.3) is 5.91 Å². The lowest BCUT2D eigenvalue weighted by Gasteiger charge is -2.30. The van der Waals surface area contributed by atoms with Gasteiger partial charge in [0.1, 0.15) is 17.8 Å². The molecular formula is C24H25N3O3. The van der Waals surface area contributed by atoms with E-state index in [0.29, 0.717) is 28.8 Å². The molecule has 30 heavy (non-hydrogen) atoms. The molecule has 0 saturated carbocycles. The number of ether oxygens (including phenoxy) is 2. The molecule has 6 heteroatoms. The molecule has 0 spiro atoms. The van der Waals surface area contributed by atoms with E-state index in [0.717, 1.165) is 37.2 Å². The van der Waals surface area contributed by atoms with Crippen LogP contribution in [0.4, 0.5) is 0 Å². The average Bonchev–Trinajstić information content (AvgIpc) is 2.80. The lowest BCUT2D eigenvalue weighted by molar-refractivity contribution is 0.0697. The Labute approximate surface area is 176 Å². The Bertz CT molecular complexity index is 1010. The molecule has 0 atom stereocenters. The second-order valence-electron chi connectivity index (χ2n) is 7.57. The van der Waals surface area contributed by atoms with Crippen molar-refractivity contribution in [2.45, 2.75) is 19.8 Å². The second kappa shape index (κ2) is 8.95. The number of amides is 1. The minimum Gasteiger partial charge on any atom is -0.497 e. The predicted octanol–water partition coefficient (Wildman–Crippen LogP) is 4.82. The van der Waals surface area contributed by atoms with Gasteiger partial charge in [0.2, 0.25) is 5.88 Å². The monoisotopic (exact) mass is 403 g/mol. The van der Waals surface area contributed by atoms with Crippen LogP contribution in [0.5, 0.6) is 17.4 Å². The van der Waals surface area contributed by atoms with Crippen LogP contribution in [0, 0.1) is 5.92 Å². The van der Waals surface area contributed by atoms with Gasteiger partial charge in [0, 0.05) is 30.3 Å². The van der Waals surface area contributed by atoms with Gasteiger partial charge in [-0.05, 0) is 55.2 Å². The van der Waals surface area contributed by atoms with Gasteiger partial charge in [-0.1, -0.05) is 19.1 Å². The van der Waals surface area contributed by atoms with Crippen LogP contribution in [-0.4, -0.2) is 41.0 Å². The summed E-state index contributed by atoms with van der Waals surface area (Å²) in [6.07, 6.45) is 3.58. The van der Waals surface area contributed by atoms with Crippen molar-refractivity contribution in [1.82, 2.24) is 14.9 Å². The molecule has 1 aliphatic rings. The average molecular weight is 403 g/mol. The fourth-order valence-corrected chi connectivity index (χ4v) is 3.52. The highest BCUT2D eigenvalue weighted by Crippen LogP contribution is 2.26. The lowest BCUT2D eigenvalue weighted by Crippen LogP contribution is -2.37. The third kappa shape index (κ3) is 4.59. The van der Waals surface area contributed by atoms with E-state index >= 15 is 0 Å². The number of likely N-dealkylation sites (tertiary alicyclic amines) is 1. The third-order valence-corrected chi connectivity index (χ3v) is 5.40. The Balaban J connectivity index is 1.52. The minimum absolute atomic E-state index is 0.0764. The zero-order chi connectivity index (χ0) is 20.9. The molecule has 2 heterocycles. The van der Waals surface area contributed by atoms with Crippen LogP contribution in [0.1, 0.15) is 30.1 Å². The molecule has 0 aliphatic carbocycles. The zero-order valence-corrected chi connectivity index (χ0v) is 17.2. The quantitative estimate of drug-likeness (QED) is 0.611. The number of carbonyl (C=O) groups excluding carboxylic acids is 1. The molecule has 1 aliphatic heterocycles. The fraction of sp³-hybridized carbons (Fsp3) is 0.292. The van der Waals surface area contributed by atoms with Crippen molar-refractivity contribution in [3.05, 3.63) is 66.5 Å². The van der Waals surface area contributed by atoms with Gasteiger partial charge in [-0.15, -0.1) is 0 Å². The summed E-state index contributed by atoms with van der Waals surface area (Å²) in [5.41, 5.74) is 2.24. The highest BCUT2D eigenvalue weighted by Gasteiger charge is 2.21. The van der Waals surface area contributed by atoms with Crippen LogP contribution >= 0.6 is 0 Å². The first kappa shape index (κ1) is 19.9. The molecule has 3 aromatic rings. The predicted molar refractivity (Wildman–Crippen MR) is 115 cm³/mol. The topological polar surface area (TPSA) is 64.6 Å². The number of hydrogen-bond donors (Lipinski definition) is 0. The summed E-state index contributed by atoms with van der Waals surface area (Å²) >= 11 is 0. The van der Waals surface area contributed by atoms with Crippen molar-refractivity contribution in [3.63, 3.8) is 0 Å². The van der Waals surface area contributed by atoms with E-state index in [1.807, 2.05) is 53.4 Å². The Morgan fingerprint density at radius 2 is 1.73 bits per heavy atom. The molecule has 0 bridgehead atoms. The summed E-state index contributed by atoms with van der Waals surface area (Å²) in [6.45, 7) is 3.87. The number of nitrogens with zero attached hydrogens (tertiary/aromatic N) is 3. The summed E-state index contributed by atoms with van der Waals surface area (Å²) in [6, 6.07) is 16.6. The van der Waals surface area contributed by atoms with Crippen molar-refractivity contribution in [2.75, 3.05) is 20.2 Å². The fourth-order valence-electron chi connectivity index (χ4n) is 3.52. The van der Waals surface area contributed by atoms with Gasteiger partial charge < -0.3 is 14.4 Å². The first-order valence-corrected chi connectivity index (χ1v) is 10.2. The maximum atomic E-state index is 12.9. The molecule has 4 rings (SSSR count). The van der Waals surface area contributed by atoms with Crippen LogP contribution in [-0.2, 0) is 0 Å². The van der Waals surface area contributed by atoms with E-state index in [-0.39, 0.29) is 5.91 Å². The van der Waals surface area contributed by atoms with E-state index in [1.165, 1.54) is 6.33 Å². The van der Waals surface area contributed by atoms with Crippen LogP contribution in [0.25, 0.3) is 11.3 Å². The maximum absolute atomic E-state index is 12.9. The molecule has 154 valence electrons. The third-order valence-electron chi connectivity index (χ3n) is 5.40. The van der Waals surface area contributed by atoms with Crippen molar-refractivity contribution in [3.8, 4) is 28.6 Å². The lowest BCUT2D eigenvalue weighted by atomic mass is 9.98. The second-order valence-corrected chi connectivity index (χ2v) is 7.57. The normalized spacial score (nSPS) is 14.4. The van der Waals surface area contributed by atoms with Crippen molar-refractivity contribution in [2.24, 2.45) is 5.92 Å². The molecule has 1 amide bonds. The van der Waals surface area contributed by atoms with Crippen molar-refractivity contribution >= 4 is 5.91 Å². The van der Waals surface area contributed by atoms with Gasteiger partial charge in [0.05, 0.1) is 12.8 Å². The summed E-state index contributed by atoms with van der Waals surface area (Å²) < 4.78 is 11.0. The Morgan fingerprint density at radius 3 is 2.47 bits per heavy atom. The van der Waals surface area contributed by atoms with Gasteiger partial charge >= 0.3 is 0 Å². The molecular weight excluding hydrogens is 378 g/mol. The molecule has 0 radical (unpaired) electrons. The largest absolute Gasteiger partial charge is 0.497 e.